The predicted octanol–water partition coefficient (Wildman–Crippen LogP) is 0.106. The zero-order valence-corrected chi connectivity index (χ0v) is 9.34. The summed E-state index contributed by atoms with van der Waals surface area (Å²) in [5.41, 5.74) is 5.07. The maximum absolute atomic E-state index is 11.7. The van der Waals surface area contributed by atoms with Gasteiger partial charge in [-0.1, -0.05) is 13.8 Å². The minimum Gasteiger partial charge on any atom is -0.396 e. The van der Waals surface area contributed by atoms with E-state index >= 15 is 0 Å². The second kappa shape index (κ2) is 5.98. The van der Waals surface area contributed by atoms with E-state index in [0.29, 0.717) is 13.1 Å². The highest BCUT2D eigenvalue weighted by molar-refractivity contribution is 5.82. The zero-order valence-electron chi connectivity index (χ0n) is 9.34. The number of carbonyl (C=O) groups excluding carboxylic acids is 1. The fraction of sp³-hybridized carbons (Fsp3) is 0.900. The van der Waals surface area contributed by atoms with Crippen molar-refractivity contribution in [2.24, 2.45) is 17.1 Å². The predicted molar refractivity (Wildman–Crippen MR) is 56.7 cm³/mol. The van der Waals surface area contributed by atoms with E-state index in [0.717, 1.165) is 6.42 Å². The molecular formula is C10H22N2O2. The van der Waals surface area contributed by atoms with Crippen LogP contribution >= 0.6 is 0 Å². The summed E-state index contributed by atoms with van der Waals surface area (Å²) in [6, 6.07) is 0. The summed E-state index contributed by atoms with van der Waals surface area (Å²) in [7, 11) is 0. The SMILES string of the molecule is CCC(C)(CN)C(=O)NCC(C)CO. The number of hydrogen-bond donors (Lipinski definition) is 3. The molecule has 0 saturated heterocycles. The van der Waals surface area contributed by atoms with Gasteiger partial charge in [-0.2, -0.15) is 0 Å². The Bertz CT molecular complexity index is 179. The monoisotopic (exact) mass is 202 g/mol. The molecule has 0 aromatic carbocycles. The molecule has 4 nitrogen and oxygen atoms in total. The first-order chi connectivity index (χ1) is 6.50. The molecule has 0 saturated carbocycles. The van der Waals surface area contributed by atoms with Gasteiger partial charge in [0.15, 0.2) is 0 Å². The molecule has 0 aromatic heterocycles. The van der Waals surface area contributed by atoms with E-state index in [-0.39, 0.29) is 18.4 Å². The molecule has 0 rings (SSSR count). The van der Waals surface area contributed by atoms with Crippen molar-refractivity contribution in [3.63, 3.8) is 0 Å². The molecule has 4 heteroatoms. The number of amides is 1. The Morgan fingerprint density at radius 3 is 2.57 bits per heavy atom. The third kappa shape index (κ3) is 3.64. The van der Waals surface area contributed by atoms with Crippen LogP contribution in [0.1, 0.15) is 27.2 Å². The van der Waals surface area contributed by atoms with Gasteiger partial charge in [-0.3, -0.25) is 4.79 Å². The summed E-state index contributed by atoms with van der Waals surface area (Å²) < 4.78 is 0. The first kappa shape index (κ1) is 13.4. The molecule has 1 amide bonds. The third-order valence-electron chi connectivity index (χ3n) is 2.70. The highest BCUT2D eigenvalue weighted by Gasteiger charge is 2.29. The summed E-state index contributed by atoms with van der Waals surface area (Å²) in [6.45, 7) is 6.62. The van der Waals surface area contributed by atoms with Gasteiger partial charge in [0, 0.05) is 19.7 Å². The van der Waals surface area contributed by atoms with Crippen LogP contribution in [0, 0.1) is 11.3 Å². The normalized spacial score (nSPS) is 17.2. The molecule has 0 aliphatic heterocycles. The van der Waals surface area contributed by atoms with Crippen molar-refractivity contribution in [2.75, 3.05) is 19.7 Å². The van der Waals surface area contributed by atoms with Crippen molar-refractivity contribution in [3.05, 3.63) is 0 Å². The van der Waals surface area contributed by atoms with Gasteiger partial charge >= 0.3 is 0 Å². The van der Waals surface area contributed by atoms with Gasteiger partial charge in [-0.05, 0) is 19.3 Å². The fourth-order valence-electron chi connectivity index (χ4n) is 0.942. The zero-order chi connectivity index (χ0) is 11.2. The number of carbonyl (C=O) groups is 1. The lowest BCUT2D eigenvalue weighted by atomic mass is 9.86. The minimum atomic E-state index is -0.477. The first-order valence-electron chi connectivity index (χ1n) is 5.09. The molecule has 4 N–H and O–H groups in total. The van der Waals surface area contributed by atoms with Crippen molar-refractivity contribution >= 4 is 5.91 Å². The van der Waals surface area contributed by atoms with E-state index in [1.54, 1.807) is 0 Å². The van der Waals surface area contributed by atoms with Crippen molar-refractivity contribution < 1.29 is 9.90 Å². The molecule has 0 fully saturated rings. The van der Waals surface area contributed by atoms with E-state index in [4.69, 9.17) is 10.8 Å². The van der Waals surface area contributed by atoms with Crippen LogP contribution < -0.4 is 11.1 Å². The molecular weight excluding hydrogens is 180 g/mol. The average molecular weight is 202 g/mol. The summed E-state index contributed by atoms with van der Waals surface area (Å²) in [5.74, 6) is 0.0700. The second-order valence-electron chi connectivity index (χ2n) is 4.12. The Kier molecular flexibility index (Phi) is 5.72. The molecule has 0 aliphatic carbocycles. The van der Waals surface area contributed by atoms with Crippen LogP contribution in [-0.4, -0.2) is 30.7 Å². The number of nitrogens with one attached hydrogen (secondary N) is 1. The first-order valence-corrected chi connectivity index (χ1v) is 5.09. The quantitative estimate of drug-likeness (QED) is 0.572. The Hall–Kier alpha value is -0.610. The molecule has 0 radical (unpaired) electrons. The number of aliphatic hydroxyl groups is 1. The largest absolute Gasteiger partial charge is 0.396 e. The average Bonchev–Trinajstić information content (AvgIpc) is 2.23. The molecule has 0 bridgehead atoms. The number of rotatable bonds is 6. The molecule has 0 aliphatic rings. The van der Waals surface area contributed by atoms with Gasteiger partial charge in [-0.25, -0.2) is 0 Å². The lowest BCUT2D eigenvalue weighted by molar-refractivity contribution is -0.130. The van der Waals surface area contributed by atoms with Gasteiger partial charge in [0.25, 0.3) is 0 Å². The van der Waals surface area contributed by atoms with Crippen LogP contribution in [-0.2, 0) is 4.79 Å². The number of aliphatic hydroxyl groups excluding tert-OH is 1. The lowest BCUT2D eigenvalue weighted by Crippen LogP contribution is -2.45. The van der Waals surface area contributed by atoms with Crippen molar-refractivity contribution in [1.82, 2.24) is 5.32 Å². The highest BCUT2D eigenvalue weighted by atomic mass is 16.3. The smallest absolute Gasteiger partial charge is 0.227 e. The van der Waals surface area contributed by atoms with E-state index in [2.05, 4.69) is 5.32 Å². The summed E-state index contributed by atoms with van der Waals surface area (Å²) in [6.07, 6.45) is 0.725. The number of hydrogen-bond acceptors (Lipinski definition) is 3. The molecule has 0 heterocycles. The van der Waals surface area contributed by atoms with E-state index in [9.17, 15) is 4.79 Å². The Morgan fingerprint density at radius 1 is 1.64 bits per heavy atom. The van der Waals surface area contributed by atoms with E-state index < -0.39 is 5.41 Å². The van der Waals surface area contributed by atoms with Crippen LogP contribution in [0.25, 0.3) is 0 Å². The van der Waals surface area contributed by atoms with Gasteiger partial charge < -0.3 is 16.2 Å². The van der Waals surface area contributed by atoms with Gasteiger partial charge in [0.1, 0.15) is 0 Å². The molecule has 14 heavy (non-hydrogen) atoms. The van der Waals surface area contributed by atoms with Gasteiger partial charge in [-0.15, -0.1) is 0 Å². The number of nitrogens with two attached hydrogens (primary N) is 1. The van der Waals surface area contributed by atoms with Gasteiger partial charge in [0.2, 0.25) is 5.91 Å². The fourth-order valence-corrected chi connectivity index (χ4v) is 0.942. The van der Waals surface area contributed by atoms with Gasteiger partial charge in [0.05, 0.1) is 5.41 Å². The Labute approximate surface area is 85.9 Å². The van der Waals surface area contributed by atoms with Crippen LogP contribution in [0.15, 0.2) is 0 Å². The second-order valence-corrected chi connectivity index (χ2v) is 4.12. The standard InChI is InChI=1S/C10H22N2O2/c1-4-10(3,7-11)9(14)12-5-8(2)6-13/h8,13H,4-7,11H2,1-3H3,(H,12,14). The molecule has 2 unspecified atom stereocenters. The summed E-state index contributed by atoms with van der Waals surface area (Å²) in [4.78, 5) is 11.7. The van der Waals surface area contributed by atoms with Crippen LogP contribution in [0.2, 0.25) is 0 Å². The summed E-state index contributed by atoms with van der Waals surface area (Å²) >= 11 is 0. The van der Waals surface area contributed by atoms with E-state index in [1.165, 1.54) is 0 Å². The van der Waals surface area contributed by atoms with Crippen LogP contribution in [0.4, 0.5) is 0 Å². The summed E-state index contributed by atoms with van der Waals surface area (Å²) in [5, 5.41) is 11.6. The van der Waals surface area contributed by atoms with Crippen molar-refractivity contribution in [2.45, 2.75) is 27.2 Å². The Morgan fingerprint density at radius 2 is 2.21 bits per heavy atom. The Balaban J connectivity index is 4.06. The molecule has 0 spiro atoms. The third-order valence-corrected chi connectivity index (χ3v) is 2.70. The van der Waals surface area contributed by atoms with Crippen LogP contribution in [0.3, 0.4) is 0 Å². The van der Waals surface area contributed by atoms with Crippen molar-refractivity contribution in [1.29, 1.82) is 0 Å². The van der Waals surface area contributed by atoms with Crippen LogP contribution in [0.5, 0.6) is 0 Å². The molecule has 2 atom stereocenters. The lowest BCUT2D eigenvalue weighted by Gasteiger charge is -2.25. The maximum atomic E-state index is 11.7. The minimum absolute atomic E-state index is 0.0252. The van der Waals surface area contributed by atoms with Crippen molar-refractivity contribution in [3.8, 4) is 0 Å². The maximum Gasteiger partial charge on any atom is 0.227 e. The highest BCUT2D eigenvalue weighted by Crippen LogP contribution is 2.18. The topological polar surface area (TPSA) is 75.4 Å². The molecule has 84 valence electrons. The van der Waals surface area contributed by atoms with E-state index in [1.807, 2.05) is 20.8 Å². The molecule has 0 aromatic rings.